The molecule has 0 heterocycles. The van der Waals surface area contributed by atoms with Gasteiger partial charge in [0.25, 0.3) is 0 Å². The van der Waals surface area contributed by atoms with Crippen molar-refractivity contribution in [2.24, 2.45) is 5.92 Å². The summed E-state index contributed by atoms with van der Waals surface area (Å²) in [5.41, 5.74) is 2.63. The Morgan fingerprint density at radius 3 is 2.73 bits per heavy atom. The van der Waals surface area contributed by atoms with Gasteiger partial charge in [0.15, 0.2) is 0 Å². The van der Waals surface area contributed by atoms with Gasteiger partial charge < -0.3 is 4.74 Å². The monoisotopic (exact) mass is 268 g/mol. The average Bonchev–Trinajstić information content (AvgIpc) is 3.05. The molecule has 0 aromatic heterocycles. The second-order valence-electron chi connectivity index (χ2n) is 4.28. The fraction of sp³-hybridized carbons (Fsp3) is 0.538. The summed E-state index contributed by atoms with van der Waals surface area (Å²) in [5.74, 6) is 0.829. The van der Waals surface area contributed by atoms with Crippen molar-refractivity contribution in [3.8, 4) is 0 Å². The molecule has 82 valence electrons. The Bertz CT molecular complexity index is 320. The Morgan fingerprint density at radius 2 is 2.13 bits per heavy atom. The van der Waals surface area contributed by atoms with Crippen molar-refractivity contribution < 1.29 is 4.74 Å². The van der Waals surface area contributed by atoms with E-state index in [-0.39, 0.29) is 6.10 Å². The smallest absolute Gasteiger partial charge is 0.0924 e. The molecule has 2 heteroatoms. The number of benzene rings is 1. The fourth-order valence-electron chi connectivity index (χ4n) is 1.70. The molecular weight excluding hydrogens is 252 g/mol. The Hall–Kier alpha value is -0.340. The van der Waals surface area contributed by atoms with Crippen molar-refractivity contribution >= 4 is 15.9 Å². The summed E-state index contributed by atoms with van der Waals surface area (Å²) in [5, 5.41) is 0.880. The van der Waals surface area contributed by atoms with E-state index < -0.39 is 0 Å². The van der Waals surface area contributed by atoms with Gasteiger partial charge in [-0.1, -0.05) is 40.2 Å². The summed E-state index contributed by atoms with van der Waals surface area (Å²) in [4.78, 5) is 0. The molecule has 0 saturated heterocycles. The molecule has 0 amide bonds. The SMILES string of the molecule is Cc1ccccc1C(CBr)OCC1CC1. The summed E-state index contributed by atoms with van der Waals surface area (Å²) in [6, 6.07) is 8.46. The van der Waals surface area contributed by atoms with Crippen LogP contribution in [0.15, 0.2) is 24.3 Å². The normalized spacial score (nSPS) is 17.7. The summed E-state index contributed by atoms with van der Waals surface area (Å²) >= 11 is 3.53. The van der Waals surface area contributed by atoms with Crippen LogP contribution in [-0.4, -0.2) is 11.9 Å². The van der Waals surface area contributed by atoms with E-state index in [9.17, 15) is 0 Å². The van der Waals surface area contributed by atoms with E-state index in [1.807, 2.05) is 0 Å². The van der Waals surface area contributed by atoms with Gasteiger partial charge in [0.1, 0.15) is 0 Å². The number of aryl methyl sites for hydroxylation is 1. The van der Waals surface area contributed by atoms with Crippen LogP contribution in [0, 0.1) is 12.8 Å². The zero-order valence-electron chi connectivity index (χ0n) is 9.08. The highest BCUT2D eigenvalue weighted by Crippen LogP contribution is 2.32. The molecule has 1 aromatic rings. The van der Waals surface area contributed by atoms with Gasteiger partial charge in [0.2, 0.25) is 0 Å². The molecule has 15 heavy (non-hydrogen) atoms. The first-order valence-corrected chi connectivity index (χ1v) is 6.66. The Labute approximate surface area is 100.0 Å². The number of hydrogen-bond acceptors (Lipinski definition) is 1. The van der Waals surface area contributed by atoms with Gasteiger partial charge in [-0.2, -0.15) is 0 Å². The molecule has 1 fully saturated rings. The molecule has 1 saturated carbocycles. The van der Waals surface area contributed by atoms with Crippen LogP contribution in [0.1, 0.15) is 30.1 Å². The van der Waals surface area contributed by atoms with Gasteiger partial charge in [-0.15, -0.1) is 0 Å². The summed E-state index contributed by atoms with van der Waals surface area (Å²) < 4.78 is 5.94. The maximum Gasteiger partial charge on any atom is 0.0924 e. The first-order chi connectivity index (χ1) is 7.31. The molecule has 0 N–H and O–H groups in total. The number of rotatable bonds is 5. The third-order valence-electron chi connectivity index (χ3n) is 2.91. The van der Waals surface area contributed by atoms with Crippen molar-refractivity contribution in [1.82, 2.24) is 0 Å². The molecule has 0 spiro atoms. The van der Waals surface area contributed by atoms with Crippen molar-refractivity contribution in [2.75, 3.05) is 11.9 Å². The number of hydrogen-bond donors (Lipinski definition) is 0. The second kappa shape index (κ2) is 5.13. The van der Waals surface area contributed by atoms with Crippen LogP contribution in [0.4, 0.5) is 0 Å². The lowest BCUT2D eigenvalue weighted by Crippen LogP contribution is -2.09. The Morgan fingerprint density at radius 1 is 1.40 bits per heavy atom. The summed E-state index contributed by atoms with van der Waals surface area (Å²) in [6.07, 6.45) is 2.91. The highest BCUT2D eigenvalue weighted by Gasteiger charge is 2.23. The fourth-order valence-corrected chi connectivity index (χ4v) is 2.24. The quantitative estimate of drug-likeness (QED) is 0.737. The largest absolute Gasteiger partial charge is 0.372 e. The molecule has 0 aliphatic heterocycles. The maximum absolute atomic E-state index is 5.94. The minimum absolute atomic E-state index is 0.215. The van der Waals surface area contributed by atoms with E-state index in [0.29, 0.717) is 0 Å². The zero-order chi connectivity index (χ0) is 10.7. The van der Waals surface area contributed by atoms with E-state index in [4.69, 9.17) is 4.74 Å². The highest BCUT2D eigenvalue weighted by molar-refractivity contribution is 9.09. The van der Waals surface area contributed by atoms with Crippen LogP contribution in [0.25, 0.3) is 0 Å². The van der Waals surface area contributed by atoms with Crippen molar-refractivity contribution in [3.05, 3.63) is 35.4 Å². The van der Waals surface area contributed by atoms with Crippen molar-refractivity contribution in [2.45, 2.75) is 25.9 Å². The maximum atomic E-state index is 5.94. The van der Waals surface area contributed by atoms with E-state index in [0.717, 1.165) is 17.9 Å². The molecule has 1 aromatic carbocycles. The van der Waals surface area contributed by atoms with E-state index in [1.165, 1.54) is 24.0 Å². The Kier molecular flexibility index (Phi) is 3.81. The first kappa shape index (κ1) is 11.2. The molecule has 2 rings (SSSR count). The Balaban J connectivity index is 2.00. The van der Waals surface area contributed by atoms with Crippen LogP contribution in [-0.2, 0) is 4.74 Å². The highest BCUT2D eigenvalue weighted by atomic mass is 79.9. The van der Waals surface area contributed by atoms with Gasteiger partial charge in [0.05, 0.1) is 12.7 Å². The van der Waals surface area contributed by atoms with Gasteiger partial charge in [-0.25, -0.2) is 0 Å². The molecule has 1 aliphatic rings. The molecule has 1 nitrogen and oxygen atoms in total. The van der Waals surface area contributed by atoms with E-state index >= 15 is 0 Å². The number of alkyl halides is 1. The second-order valence-corrected chi connectivity index (χ2v) is 4.92. The molecule has 0 bridgehead atoms. The predicted octanol–water partition coefficient (Wildman–Crippen LogP) is 3.86. The predicted molar refractivity (Wildman–Crippen MR) is 66.4 cm³/mol. The van der Waals surface area contributed by atoms with Gasteiger partial charge in [0, 0.05) is 5.33 Å². The topological polar surface area (TPSA) is 9.23 Å². The third-order valence-corrected chi connectivity index (χ3v) is 3.49. The van der Waals surface area contributed by atoms with Crippen LogP contribution in [0.5, 0.6) is 0 Å². The first-order valence-electron chi connectivity index (χ1n) is 5.54. The lowest BCUT2D eigenvalue weighted by molar-refractivity contribution is 0.0615. The molecule has 1 aliphatic carbocycles. The van der Waals surface area contributed by atoms with Crippen LogP contribution >= 0.6 is 15.9 Å². The minimum atomic E-state index is 0.215. The third kappa shape index (κ3) is 3.05. The zero-order valence-corrected chi connectivity index (χ0v) is 10.7. The number of halogens is 1. The lowest BCUT2D eigenvalue weighted by Gasteiger charge is -2.17. The van der Waals surface area contributed by atoms with Crippen molar-refractivity contribution in [1.29, 1.82) is 0 Å². The molecule has 1 unspecified atom stereocenters. The molecular formula is C13H17BrO. The standard InChI is InChI=1S/C13H17BrO/c1-10-4-2-3-5-12(10)13(8-14)15-9-11-6-7-11/h2-5,11,13H,6-9H2,1H3. The van der Waals surface area contributed by atoms with Crippen molar-refractivity contribution in [3.63, 3.8) is 0 Å². The summed E-state index contributed by atoms with van der Waals surface area (Å²) in [6.45, 7) is 3.07. The summed E-state index contributed by atoms with van der Waals surface area (Å²) in [7, 11) is 0. The number of ether oxygens (including phenoxy) is 1. The van der Waals surface area contributed by atoms with E-state index in [1.54, 1.807) is 0 Å². The molecule has 0 radical (unpaired) electrons. The minimum Gasteiger partial charge on any atom is -0.372 e. The lowest BCUT2D eigenvalue weighted by atomic mass is 10.0. The van der Waals surface area contributed by atoms with E-state index in [2.05, 4.69) is 47.1 Å². The van der Waals surface area contributed by atoms with Gasteiger partial charge in [-0.05, 0) is 36.8 Å². The van der Waals surface area contributed by atoms with Crippen LogP contribution in [0.3, 0.4) is 0 Å². The van der Waals surface area contributed by atoms with Crippen LogP contribution in [0.2, 0.25) is 0 Å². The van der Waals surface area contributed by atoms with Crippen LogP contribution < -0.4 is 0 Å². The average molecular weight is 269 g/mol. The van der Waals surface area contributed by atoms with Gasteiger partial charge >= 0.3 is 0 Å². The molecule has 1 atom stereocenters. The van der Waals surface area contributed by atoms with Gasteiger partial charge in [-0.3, -0.25) is 0 Å².